The zero-order valence-corrected chi connectivity index (χ0v) is 16.4. The number of fused-ring (bicyclic) bond motifs is 1. The van der Waals surface area contributed by atoms with E-state index in [1.54, 1.807) is 28.8 Å². The molecule has 5 heterocycles. The zero-order chi connectivity index (χ0) is 18.9. The Kier molecular flexibility index (Phi) is 4.50. The third-order valence-electron chi connectivity index (χ3n) is 4.57. The molecule has 1 aliphatic rings. The van der Waals surface area contributed by atoms with Gasteiger partial charge in [-0.3, -0.25) is 9.20 Å². The molecule has 1 amide bonds. The quantitative estimate of drug-likeness (QED) is 0.458. The number of carbonyl (C=O) groups is 1. The second kappa shape index (κ2) is 7.29. The van der Waals surface area contributed by atoms with E-state index in [2.05, 4.69) is 10.1 Å². The van der Waals surface area contributed by atoms with Gasteiger partial charge in [0.25, 0.3) is 5.91 Å². The van der Waals surface area contributed by atoms with Crippen molar-refractivity contribution in [3.8, 4) is 0 Å². The fourth-order valence-electron chi connectivity index (χ4n) is 3.25. The van der Waals surface area contributed by atoms with E-state index in [1.165, 1.54) is 11.8 Å². The van der Waals surface area contributed by atoms with Crippen LogP contribution in [0.5, 0.6) is 0 Å². The molecule has 140 valence electrons. The molecule has 1 unspecified atom stereocenters. The van der Waals surface area contributed by atoms with Crippen LogP contribution in [0.2, 0.25) is 0 Å². The van der Waals surface area contributed by atoms with Crippen LogP contribution >= 0.6 is 23.1 Å². The minimum absolute atomic E-state index is 0.0642. The average molecular weight is 409 g/mol. The smallest absolute Gasteiger partial charge is 0.253 e. The van der Waals surface area contributed by atoms with Crippen LogP contribution < -0.4 is 0 Å². The highest BCUT2D eigenvalue weighted by atomic mass is 32.2. The van der Waals surface area contributed by atoms with Crippen LogP contribution in [0, 0.1) is 0 Å². The second-order valence-corrected chi connectivity index (χ2v) is 8.21. The van der Waals surface area contributed by atoms with Crippen molar-refractivity contribution in [1.29, 1.82) is 0 Å². The molecule has 0 N–H and O–H groups in total. The van der Waals surface area contributed by atoms with Crippen LogP contribution in [0.4, 0.5) is 0 Å². The van der Waals surface area contributed by atoms with Crippen molar-refractivity contribution in [1.82, 2.24) is 14.4 Å². The zero-order valence-electron chi connectivity index (χ0n) is 14.8. The molecular formula is C20H16N4O2S2. The van der Waals surface area contributed by atoms with Gasteiger partial charge in [0.2, 0.25) is 0 Å². The van der Waals surface area contributed by atoms with Crippen molar-refractivity contribution in [2.24, 2.45) is 5.10 Å². The summed E-state index contributed by atoms with van der Waals surface area (Å²) in [5.74, 6) is 0.942. The fraction of sp³-hybridized carbons (Fsp3) is 0.150. The highest BCUT2D eigenvalue weighted by Crippen LogP contribution is 2.34. The van der Waals surface area contributed by atoms with Gasteiger partial charge in [-0.25, -0.2) is 9.99 Å². The van der Waals surface area contributed by atoms with E-state index >= 15 is 0 Å². The number of pyridine rings is 1. The van der Waals surface area contributed by atoms with Gasteiger partial charge in [-0.1, -0.05) is 23.9 Å². The van der Waals surface area contributed by atoms with E-state index in [-0.39, 0.29) is 17.7 Å². The van der Waals surface area contributed by atoms with E-state index in [0.29, 0.717) is 6.42 Å². The summed E-state index contributed by atoms with van der Waals surface area (Å²) in [5.41, 5.74) is 1.92. The maximum absolute atomic E-state index is 13.0. The standard InChI is InChI=1S/C20H16N4O2S2/c25-19(13-28-20-21-12-14-5-1-2-8-23(14)20)24-16(17-6-3-9-26-17)11-15(22-24)18-7-4-10-27-18/h1-10,12,16H,11,13H2. The van der Waals surface area contributed by atoms with Crippen LogP contribution in [0.25, 0.3) is 5.52 Å². The summed E-state index contributed by atoms with van der Waals surface area (Å²) < 4.78 is 7.56. The Morgan fingerprint density at radius 2 is 2.21 bits per heavy atom. The highest BCUT2D eigenvalue weighted by molar-refractivity contribution is 7.99. The second-order valence-electron chi connectivity index (χ2n) is 6.32. The van der Waals surface area contributed by atoms with Crippen molar-refractivity contribution in [3.63, 3.8) is 0 Å². The molecule has 1 aliphatic heterocycles. The number of carbonyl (C=O) groups excluding carboxylic acids is 1. The molecule has 4 aromatic heterocycles. The Morgan fingerprint density at radius 3 is 3.04 bits per heavy atom. The Balaban J connectivity index is 1.38. The fourth-order valence-corrected chi connectivity index (χ4v) is 4.79. The molecule has 0 fully saturated rings. The van der Waals surface area contributed by atoms with Crippen LogP contribution in [0.1, 0.15) is 23.1 Å². The maximum Gasteiger partial charge on any atom is 0.253 e. The average Bonchev–Trinajstić information content (AvgIpc) is 3.52. The molecule has 0 spiro atoms. The minimum Gasteiger partial charge on any atom is -0.467 e. The van der Waals surface area contributed by atoms with Crippen LogP contribution in [-0.4, -0.2) is 31.8 Å². The number of thioether (sulfide) groups is 1. The van der Waals surface area contributed by atoms with Gasteiger partial charge in [0, 0.05) is 12.6 Å². The van der Waals surface area contributed by atoms with Crippen molar-refractivity contribution < 1.29 is 9.21 Å². The van der Waals surface area contributed by atoms with E-state index in [4.69, 9.17) is 4.42 Å². The minimum atomic E-state index is -0.211. The molecule has 5 rings (SSSR count). The van der Waals surface area contributed by atoms with Crippen LogP contribution in [0.3, 0.4) is 0 Å². The van der Waals surface area contributed by atoms with Crippen molar-refractivity contribution in [3.05, 3.63) is 77.1 Å². The number of amides is 1. The van der Waals surface area contributed by atoms with Gasteiger partial charge in [0.05, 0.1) is 34.3 Å². The molecule has 0 aliphatic carbocycles. The predicted octanol–water partition coefficient (Wildman–Crippen LogP) is 4.46. The molecule has 28 heavy (non-hydrogen) atoms. The Hall–Kier alpha value is -2.84. The molecule has 4 aromatic rings. The summed E-state index contributed by atoms with van der Waals surface area (Å²) in [4.78, 5) is 18.5. The number of hydrogen-bond acceptors (Lipinski definition) is 6. The first kappa shape index (κ1) is 17.3. The van der Waals surface area contributed by atoms with Gasteiger partial charge in [-0.15, -0.1) is 11.3 Å². The van der Waals surface area contributed by atoms with E-state index in [0.717, 1.165) is 27.0 Å². The SMILES string of the molecule is O=C(CSc1ncc2ccccn12)N1N=C(c2cccs2)CC1c1ccco1. The number of imidazole rings is 1. The number of hydrazone groups is 1. The first-order chi connectivity index (χ1) is 13.8. The first-order valence-corrected chi connectivity index (χ1v) is 10.7. The van der Waals surface area contributed by atoms with Crippen LogP contribution in [0.15, 0.2) is 81.2 Å². The number of aromatic nitrogens is 2. The molecule has 0 aromatic carbocycles. The molecule has 0 bridgehead atoms. The summed E-state index contributed by atoms with van der Waals surface area (Å²) in [6.45, 7) is 0. The lowest BCUT2D eigenvalue weighted by molar-refractivity contribution is -0.130. The number of furan rings is 1. The third kappa shape index (κ3) is 3.14. The predicted molar refractivity (Wildman–Crippen MR) is 110 cm³/mol. The van der Waals surface area contributed by atoms with Gasteiger partial charge in [0.1, 0.15) is 11.8 Å². The van der Waals surface area contributed by atoms with Gasteiger partial charge in [-0.05, 0) is 35.7 Å². The number of rotatable bonds is 5. The summed E-state index contributed by atoms with van der Waals surface area (Å²) in [7, 11) is 0. The number of nitrogens with zero attached hydrogens (tertiary/aromatic N) is 4. The van der Waals surface area contributed by atoms with Crippen molar-refractivity contribution >= 4 is 40.2 Å². The summed E-state index contributed by atoms with van der Waals surface area (Å²) >= 11 is 3.04. The molecule has 6 nitrogen and oxygen atoms in total. The molecule has 1 atom stereocenters. The van der Waals surface area contributed by atoms with E-state index < -0.39 is 0 Å². The van der Waals surface area contributed by atoms with Crippen LogP contribution in [-0.2, 0) is 4.79 Å². The molecule has 0 radical (unpaired) electrons. The lowest BCUT2D eigenvalue weighted by Gasteiger charge is -2.19. The maximum atomic E-state index is 13.0. The Bertz CT molecular complexity index is 1130. The van der Waals surface area contributed by atoms with E-state index in [1.807, 2.05) is 58.4 Å². The lowest BCUT2D eigenvalue weighted by Crippen LogP contribution is -2.28. The third-order valence-corrected chi connectivity index (χ3v) is 6.44. The van der Waals surface area contributed by atoms with Gasteiger partial charge in [-0.2, -0.15) is 5.10 Å². The molecule has 0 saturated heterocycles. The Morgan fingerprint density at radius 1 is 1.25 bits per heavy atom. The summed E-state index contributed by atoms with van der Waals surface area (Å²) in [6, 6.07) is 13.5. The summed E-state index contributed by atoms with van der Waals surface area (Å²) in [5, 5.41) is 9.02. The normalized spacial score (nSPS) is 16.6. The molecule has 8 heteroatoms. The van der Waals surface area contributed by atoms with Crippen molar-refractivity contribution in [2.45, 2.75) is 17.6 Å². The van der Waals surface area contributed by atoms with Gasteiger partial charge >= 0.3 is 0 Å². The number of hydrogen-bond donors (Lipinski definition) is 0. The van der Waals surface area contributed by atoms with Crippen molar-refractivity contribution in [2.75, 3.05) is 5.75 Å². The molecular weight excluding hydrogens is 392 g/mol. The topological polar surface area (TPSA) is 63.1 Å². The van der Waals surface area contributed by atoms with Gasteiger partial charge < -0.3 is 4.42 Å². The Labute approximate surface area is 169 Å². The monoisotopic (exact) mass is 408 g/mol. The lowest BCUT2D eigenvalue weighted by atomic mass is 10.1. The molecule has 0 saturated carbocycles. The van der Waals surface area contributed by atoms with Gasteiger partial charge in [0.15, 0.2) is 5.16 Å². The number of thiophene rings is 1. The largest absolute Gasteiger partial charge is 0.467 e. The summed E-state index contributed by atoms with van der Waals surface area (Å²) in [6.07, 6.45) is 6.04. The first-order valence-electron chi connectivity index (χ1n) is 8.81. The van der Waals surface area contributed by atoms with E-state index in [9.17, 15) is 4.79 Å². The highest BCUT2D eigenvalue weighted by Gasteiger charge is 2.35.